The first-order chi connectivity index (χ1) is 10.6. The van der Waals surface area contributed by atoms with Gasteiger partial charge in [-0.05, 0) is 25.2 Å². The molecule has 0 heterocycles. The lowest BCUT2D eigenvalue weighted by atomic mass is 10.1. The Morgan fingerprint density at radius 3 is 2.43 bits per heavy atom. The second-order valence-corrected chi connectivity index (χ2v) is 6.67. The van der Waals surface area contributed by atoms with Gasteiger partial charge in [0.05, 0.1) is 23.1 Å². The highest BCUT2D eigenvalue weighted by atomic mass is 32.2. The normalized spacial score (nSPS) is 12.5. The maximum atomic E-state index is 13.1. The quantitative estimate of drug-likeness (QED) is 0.780. The zero-order chi connectivity index (χ0) is 17.8. The number of nitrogens with one attached hydrogen (secondary N) is 1. The summed E-state index contributed by atoms with van der Waals surface area (Å²) in [6, 6.07) is 2.19. The van der Waals surface area contributed by atoms with Gasteiger partial charge in [0.2, 0.25) is 10.0 Å². The van der Waals surface area contributed by atoms with Crippen LogP contribution in [0.1, 0.15) is 15.9 Å². The maximum Gasteiger partial charge on any atom is 0.417 e. The summed E-state index contributed by atoms with van der Waals surface area (Å²) in [6.45, 7) is 0.418. The lowest BCUT2D eigenvalue weighted by Crippen LogP contribution is -2.33. The zero-order valence-electron chi connectivity index (χ0n) is 12.8. The third kappa shape index (κ3) is 4.43. The topological polar surface area (TPSA) is 75.7 Å². The molecule has 1 rings (SSSR count). The molecule has 6 nitrogen and oxygen atoms in total. The Hall–Kier alpha value is -1.65. The fraction of sp³-hybridized carbons (Fsp3) is 0.462. The average molecular weight is 354 g/mol. The van der Waals surface area contributed by atoms with Crippen LogP contribution in [0.5, 0.6) is 0 Å². The van der Waals surface area contributed by atoms with E-state index in [0.717, 1.165) is 23.5 Å². The minimum Gasteiger partial charge on any atom is -0.465 e. The first-order valence-corrected chi connectivity index (χ1v) is 7.90. The van der Waals surface area contributed by atoms with Crippen molar-refractivity contribution in [1.82, 2.24) is 9.62 Å². The Balaban J connectivity index is 3.38. The average Bonchev–Trinajstić information content (AvgIpc) is 2.50. The molecule has 0 saturated heterocycles. The first kappa shape index (κ1) is 19.4. The number of carbonyl (C=O) groups excluding carboxylic acids is 1. The van der Waals surface area contributed by atoms with E-state index in [1.807, 2.05) is 0 Å². The van der Waals surface area contributed by atoms with Crippen molar-refractivity contribution in [3.63, 3.8) is 0 Å². The number of sulfonamides is 1. The molecule has 0 aliphatic heterocycles. The van der Waals surface area contributed by atoms with Crippen molar-refractivity contribution >= 4 is 16.0 Å². The van der Waals surface area contributed by atoms with Gasteiger partial charge in [-0.25, -0.2) is 13.2 Å². The molecule has 0 aliphatic rings. The number of likely N-dealkylation sites (N-methyl/N-ethyl adjacent to an activating group) is 2. The fourth-order valence-electron chi connectivity index (χ4n) is 1.78. The molecule has 1 N–H and O–H groups in total. The smallest absolute Gasteiger partial charge is 0.417 e. The molecule has 1 aromatic rings. The van der Waals surface area contributed by atoms with Crippen molar-refractivity contribution in [3.8, 4) is 0 Å². The molecule has 0 unspecified atom stereocenters. The fourth-order valence-corrected chi connectivity index (χ4v) is 2.97. The minimum absolute atomic E-state index is 0.0823. The summed E-state index contributed by atoms with van der Waals surface area (Å²) in [5.74, 6) is -1.19. The number of alkyl halides is 3. The van der Waals surface area contributed by atoms with E-state index in [4.69, 9.17) is 0 Å². The monoisotopic (exact) mass is 354 g/mol. The summed E-state index contributed by atoms with van der Waals surface area (Å²) in [5, 5.41) is 2.74. The number of rotatable bonds is 6. The SMILES string of the molecule is CNCCN(C)S(=O)(=O)c1ccc(C(=O)OC)c(C(F)(F)F)c1. The van der Waals surface area contributed by atoms with Crippen LogP contribution in [0, 0.1) is 0 Å². The van der Waals surface area contributed by atoms with Gasteiger partial charge in [-0.2, -0.15) is 17.5 Å². The number of ether oxygens (including phenoxy) is 1. The highest BCUT2D eigenvalue weighted by Crippen LogP contribution is 2.34. The molecule has 0 aromatic heterocycles. The summed E-state index contributed by atoms with van der Waals surface area (Å²) in [6.07, 6.45) is -4.89. The molecule has 130 valence electrons. The largest absolute Gasteiger partial charge is 0.465 e. The van der Waals surface area contributed by atoms with Crippen LogP contribution in [-0.2, 0) is 20.9 Å². The molecule has 0 bridgehead atoms. The number of benzene rings is 1. The number of methoxy groups -OCH3 is 1. The first-order valence-electron chi connectivity index (χ1n) is 6.46. The van der Waals surface area contributed by atoms with Crippen molar-refractivity contribution in [2.75, 3.05) is 34.3 Å². The van der Waals surface area contributed by atoms with Crippen molar-refractivity contribution in [2.45, 2.75) is 11.1 Å². The number of hydrogen-bond donors (Lipinski definition) is 1. The lowest BCUT2D eigenvalue weighted by Gasteiger charge is -2.19. The van der Waals surface area contributed by atoms with E-state index in [1.165, 1.54) is 7.05 Å². The van der Waals surface area contributed by atoms with Crippen LogP contribution < -0.4 is 5.32 Å². The van der Waals surface area contributed by atoms with Gasteiger partial charge in [0, 0.05) is 20.1 Å². The van der Waals surface area contributed by atoms with Gasteiger partial charge < -0.3 is 10.1 Å². The Kier molecular flexibility index (Phi) is 6.14. The Morgan fingerprint density at radius 1 is 1.35 bits per heavy atom. The highest BCUT2D eigenvalue weighted by molar-refractivity contribution is 7.89. The number of carbonyl (C=O) groups is 1. The molecule has 0 radical (unpaired) electrons. The van der Waals surface area contributed by atoms with Gasteiger partial charge in [0.15, 0.2) is 0 Å². The zero-order valence-corrected chi connectivity index (χ0v) is 13.6. The van der Waals surface area contributed by atoms with E-state index < -0.39 is 38.2 Å². The van der Waals surface area contributed by atoms with Crippen LogP contribution >= 0.6 is 0 Å². The van der Waals surface area contributed by atoms with Crippen LogP contribution in [0.2, 0.25) is 0 Å². The Labute approximate surface area is 132 Å². The molecule has 0 aliphatic carbocycles. The molecule has 0 atom stereocenters. The van der Waals surface area contributed by atoms with Crippen molar-refractivity contribution < 1.29 is 31.1 Å². The van der Waals surface area contributed by atoms with E-state index in [2.05, 4.69) is 10.1 Å². The van der Waals surface area contributed by atoms with Gasteiger partial charge in [-0.15, -0.1) is 0 Å². The maximum absolute atomic E-state index is 13.1. The number of halogens is 3. The van der Waals surface area contributed by atoms with Crippen LogP contribution in [0.4, 0.5) is 13.2 Å². The summed E-state index contributed by atoms with van der Waals surface area (Å²) < 4.78 is 69.1. The predicted molar refractivity (Wildman–Crippen MR) is 76.5 cm³/mol. The molecule has 23 heavy (non-hydrogen) atoms. The summed E-state index contributed by atoms with van der Waals surface area (Å²) in [5.41, 5.74) is -2.09. The Bertz CT molecular complexity index is 674. The van der Waals surface area contributed by atoms with Gasteiger partial charge in [0.1, 0.15) is 0 Å². The highest BCUT2D eigenvalue weighted by Gasteiger charge is 2.37. The predicted octanol–water partition coefficient (Wildman–Crippen LogP) is 1.33. The number of esters is 1. The second-order valence-electron chi connectivity index (χ2n) is 4.63. The molecule has 1 aromatic carbocycles. The molecule has 0 amide bonds. The number of hydrogen-bond acceptors (Lipinski definition) is 5. The van der Waals surface area contributed by atoms with Crippen LogP contribution in [0.25, 0.3) is 0 Å². The van der Waals surface area contributed by atoms with Gasteiger partial charge in [0.25, 0.3) is 0 Å². The Morgan fingerprint density at radius 2 is 1.96 bits per heavy atom. The molecule has 0 fully saturated rings. The van der Waals surface area contributed by atoms with Crippen molar-refractivity contribution in [1.29, 1.82) is 0 Å². The summed E-state index contributed by atoms with van der Waals surface area (Å²) in [4.78, 5) is 10.9. The molecule has 0 spiro atoms. The summed E-state index contributed by atoms with van der Waals surface area (Å²) >= 11 is 0. The van der Waals surface area contributed by atoms with E-state index in [-0.39, 0.29) is 6.54 Å². The molecule has 10 heteroatoms. The molecular weight excluding hydrogens is 337 g/mol. The van der Waals surface area contributed by atoms with E-state index in [9.17, 15) is 26.4 Å². The van der Waals surface area contributed by atoms with Gasteiger partial charge in [-0.1, -0.05) is 0 Å². The molecular formula is C13H17F3N2O4S. The van der Waals surface area contributed by atoms with E-state index in [1.54, 1.807) is 7.05 Å². The third-order valence-corrected chi connectivity index (χ3v) is 4.94. The van der Waals surface area contributed by atoms with Gasteiger partial charge in [-0.3, -0.25) is 0 Å². The number of nitrogens with zero attached hydrogens (tertiary/aromatic N) is 1. The van der Waals surface area contributed by atoms with Crippen LogP contribution in [0.3, 0.4) is 0 Å². The minimum atomic E-state index is -4.89. The van der Waals surface area contributed by atoms with Crippen LogP contribution in [-0.4, -0.2) is 53.0 Å². The molecule has 0 saturated carbocycles. The van der Waals surface area contributed by atoms with Crippen LogP contribution in [0.15, 0.2) is 23.1 Å². The van der Waals surface area contributed by atoms with Crippen molar-refractivity contribution in [3.05, 3.63) is 29.3 Å². The van der Waals surface area contributed by atoms with E-state index >= 15 is 0 Å². The van der Waals surface area contributed by atoms with E-state index in [0.29, 0.717) is 12.6 Å². The lowest BCUT2D eigenvalue weighted by molar-refractivity contribution is -0.138. The standard InChI is InChI=1S/C13H17F3N2O4S/c1-17-6-7-18(2)23(20,21)9-4-5-10(12(19)22-3)11(8-9)13(14,15)16/h4-5,8,17H,6-7H2,1-3H3. The summed E-state index contributed by atoms with van der Waals surface area (Å²) in [7, 11) is -0.282. The van der Waals surface area contributed by atoms with Crippen molar-refractivity contribution in [2.24, 2.45) is 0 Å². The second kappa shape index (κ2) is 7.28. The third-order valence-electron chi connectivity index (χ3n) is 3.09. The van der Waals surface area contributed by atoms with Gasteiger partial charge >= 0.3 is 12.1 Å².